The van der Waals surface area contributed by atoms with Crippen molar-refractivity contribution in [3.05, 3.63) is 89.7 Å². The Hall–Kier alpha value is -3.23. The Labute approximate surface area is 174 Å². The van der Waals surface area contributed by atoms with Gasteiger partial charge in [0.15, 0.2) is 0 Å². The second kappa shape index (κ2) is 9.06. The van der Waals surface area contributed by atoms with Gasteiger partial charge in [-0.2, -0.15) is 0 Å². The summed E-state index contributed by atoms with van der Waals surface area (Å²) >= 11 is 0. The number of hydrogen-bond donors (Lipinski definition) is 2. The van der Waals surface area contributed by atoms with Gasteiger partial charge in [-0.3, -0.25) is 4.79 Å². The summed E-state index contributed by atoms with van der Waals surface area (Å²) in [5.41, 5.74) is 0.757. The molecule has 0 heterocycles. The number of anilines is 1. The normalized spacial score (nSPS) is 12.2. The van der Waals surface area contributed by atoms with Gasteiger partial charge in [-0.05, 0) is 42.8 Å². The van der Waals surface area contributed by atoms with Gasteiger partial charge < -0.3 is 10.1 Å². The maximum absolute atomic E-state index is 13.9. The van der Waals surface area contributed by atoms with Gasteiger partial charge in [0.05, 0.1) is 23.3 Å². The van der Waals surface area contributed by atoms with Crippen molar-refractivity contribution in [1.82, 2.24) is 4.72 Å². The Kier molecular flexibility index (Phi) is 6.49. The van der Waals surface area contributed by atoms with Crippen LogP contribution < -0.4 is 14.8 Å². The highest BCUT2D eigenvalue weighted by Crippen LogP contribution is 2.29. The summed E-state index contributed by atoms with van der Waals surface area (Å²) in [5.74, 6) is -1.16. The molecule has 3 rings (SSSR count). The molecular weight excluding hydrogens is 407 g/mol. The number of sulfonamides is 1. The van der Waals surface area contributed by atoms with E-state index in [0.29, 0.717) is 0 Å². The van der Waals surface area contributed by atoms with E-state index in [0.717, 1.165) is 5.56 Å². The maximum Gasteiger partial charge on any atom is 0.258 e. The van der Waals surface area contributed by atoms with Crippen molar-refractivity contribution in [3.63, 3.8) is 0 Å². The van der Waals surface area contributed by atoms with Gasteiger partial charge in [0.25, 0.3) is 5.91 Å². The lowest BCUT2D eigenvalue weighted by molar-refractivity contribution is 0.102. The van der Waals surface area contributed by atoms with Crippen molar-refractivity contribution in [3.8, 4) is 5.75 Å². The Morgan fingerprint density at radius 3 is 2.33 bits per heavy atom. The van der Waals surface area contributed by atoms with Gasteiger partial charge in [0.1, 0.15) is 11.6 Å². The molecule has 0 saturated carbocycles. The van der Waals surface area contributed by atoms with Crippen molar-refractivity contribution >= 4 is 21.6 Å². The number of methoxy groups -OCH3 is 1. The molecule has 2 N–H and O–H groups in total. The number of hydrogen-bond acceptors (Lipinski definition) is 4. The highest BCUT2D eigenvalue weighted by atomic mass is 32.2. The first kappa shape index (κ1) is 21.5. The molecule has 0 aliphatic carbocycles. The summed E-state index contributed by atoms with van der Waals surface area (Å²) in [6.07, 6.45) is 0. The predicted molar refractivity (Wildman–Crippen MR) is 113 cm³/mol. The minimum atomic E-state index is -3.89. The maximum atomic E-state index is 13.9. The van der Waals surface area contributed by atoms with Gasteiger partial charge in [-0.15, -0.1) is 0 Å². The summed E-state index contributed by atoms with van der Waals surface area (Å²) in [4.78, 5) is 12.4. The molecule has 0 saturated heterocycles. The minimum Gasteiger partial charge on any atom is -0.495 e. The summed E-state index contributed by atoms with van der Waals surface area (Å²) in [5, 5.41) is 2.52. The van der Waals surface area contributed by atoms with Gasteiger partial charge in [0.2, 0.25) is 10.0 Å². The van der Waals surface area contributed by atoms with E-state index in [2.05, 4.69) is 10.0 Å². The zero-order valence-corrected chi connectivity index (χ0v) is 17.2. The van der Waals surface area contributed by atoms with E-state index >= 15 is 0 Å². The van der Waals surface area contributed by atoms with Crippen molar-refractivity contribution in [1.29, 1.82) is 0 Å². The van der Waals surface area contributed by atoms with E-state index in [4.69, 9.17) is 4.74 Å². The minimum absolute atomic E-state index is 0.0603. The molecule has 0 radical (unpaired) electrons. The van der Waals surface area contributed by atoms with Crippen LogP contribution in [-0.2, 0) is 10.0 Å². The van der Waals surface area contributed by atoms with Crippen molar-refractivity contribution in [2.75, 3.05) is 12.4 Å². The van der Waals surface area contributed by atoms with Crippen LogP contribution in [0.15, 0.2) is 77.7 Å². The fraction of sp³-hybridized carbons (Fsp3) is 0.136. The van der Waals surface area contributed by atoms with E-state index in [1.807, 2.05) is 30.3 Å². The monoisotopic (exact) mass is 428 g/mol. The van der Waals surface area contributed by atoms with Crippen LogP contribution in [0, 0.1) is 5.82 Å². The van der Waals surface area contributed by atoms with E-state index in [9.17, 15) is 17.6 Å². The third kappa shape index (κ3) is 4.84. The van der Waals surface area contributed by atoms with Crippen LogP contribution in [0.2, 0.25) is 0 Å². The average molecular weight is 428 g/mol. The fourth-order valence-electron chi connectivity index (χ4n) is 2.90. The smallest absolute Gasteiger partial charge is 0.258 e. The van der Waals surface area contributed by atoms with Crippen LogP contribution >= 0.6 is 0 Å². The molecule has 156 valence electrons. The summed E-state index contributed by atoms with van der Waals surface area (Å²) in [7, 11) is -2.51. The zero-order valence-electron chi connectivity index (χ0n) is 16.4. The number of rotatable bonds is 7. The van der Waals surface area contributed by atoms with Crippen LogP contribution in [0.1, 0.15) is 28.9 Å². The molecule has 3 aromatic rings. The number of carbonyl (C=O) groups excluding carboxylic acids is 1. The van der Waals surface area contributed by atoms with Crippen molar-refractivity contribution in [2.24, 2.45) is 0 Å². The molecule has 0 unspecified atom stereocenters. The van der Waals surface area contributed by atoms with Crippen LogP contribution in [0.4, 0.5) is 10.1 Å². The van der Waals surface area contributed by atoms with Crippen LogP contribution in [0.3, 0.4) is 0 Å². The second-order valence-corrected chi connectivity index (χ2v) is 8.26. The molecule has 0 aliphatic heterocycles. The summed E-state index contributed by atoms with van der Waals surface area (Å²) in [6.45, 7) is 1.73. The first-order valence-electron chi connectivity index (χ1n) is 9.13. The zero-order chi connectivity index (χ0) is 21.7. The Morgan fingerprint density at radius 2 is 1.67 bits per heavy atom. The number of benzene rings is 3. The van der Waals surface area contributed by atoms with E-state index in [-0.39, 0.29) is 21.9 Å². The topological polar surface area (TPSA) is 84.5 Å². The van der Waals surface area contributed by atoms with Crippen LogP contribution in [0.5, 0.6) is 5.75 Å². The van der Waals surface area contributed by atoms with Gasteiger partial charge in [-0.1, -0.05) is 42.5 Å². The third-order valence-corrected chi connectivity index (χ3v) is 6.02. The van der Waals surface area contributed by atoms with Crippen molar-refractivity contribution < 1.29 is 22.3 Å². The van der Waals surface area contributed by atoms with Gasteiger partial charge in [-0.25, -0.2) is 17.5 Å². The number of nitrogens with one attached hydrogen (secondary N) is 2. The number of carbonyl (C=O) groups is 1. The van der Waals surface area contributed by atoms with Crippen molar-refractivity contribution in [2.45, 2.75) is 17.9 Å². The molecule has 0 aromatic heterocycles. The SMILES string of the molecule is COc1ccc(S(=O)(=O)N[C@@H](C)c2ccccc2)cc1NC(=O)c1ccccc1F. The van der Waals surface area contributed by atoms with Crippen LogP contribution in [0.25, 0.3) is 0 Å². The second-order valence-electron chi connectivity index (χ2n) is 6.55. The number of amides is 1. The first-order valence-corrected chi connectivity index (χ1v) is 10.6. The molecule has 3 aromatic carbocycles. The molecule has 1 amide bonds. The number of ether oxygens (including phenoxy) is 1. The fourth-order valence-corrected chi connectivity index (χ4v) is 4.16. The highest BCUT2D eigenvalue weighted by molar-refractivity contribution is 7.89. The largest absolute Gasteiger partial charge is 0.495 e. The molecular formula is C22H21FN2O4S. The molecule has 6 nitrogen and oxygen atoms in total. The predicted octanol–water partition coefficient (Wildman–Crippen LogP) is 4.13. The lowest BCUT2D eigenvalue weighted by atomic mass is 10.1. The molecule has 1 atom stereocenters. The molecule has 30 heavy (non-hydrogen) atoms. The average Bonchev–Trinajstić information content (AvgIpc) is 2.74. The lowest BCUT2D eigenvalue weighted by Gasteiger charge is -2.16. The standard InChI is InChI=1S/C22H21FN2O4S/c1-15(16-8-4-3-5-9-16)25-30(27,28)17-12-13-21(29-2)20(14-17)24-22(26)18-10-6-7-11-19(18)23/h3-15,25H,1-2H3,(H,24,26)/t15-/m0/s1. The molecule has 0 aliphatic rings. The van der Waals surface area contributed by atoms with E-state index in [1.165, 1.54) is 49.6 Å². The Morgan fingerprint density at radius 1 is 1.00 bits per heavy atom. The molecule has 0 bridgehead atoms. The Balaban J connectivity index is 1.88. The summed E-state index contributed by atoms with van der Waals surface area (Å²) in [6, 6.07) is 18.3. The molecule has 0 spiro atoms. The van der Waals surface area contributed by atoms with Gasteiger partial charge >= 0.3 is 0 Å². The van der Waals surface area contributed by atoms with E-state index < -0.39 is 27.8 Å². The third-order valence-electron chi connectivity index (χ3n) is 4.48. The highest BCUT2D eigenvalue weighted by Gasteiger charge is 2.21. The van der Waals surface area contributed by atoms with Crippen LogP contribution in [-0.4, -0.2) is 21.4 Å². The molecule has 8 heteroatoms. The van der Waals surface area contributed by atoms with E-state index in [1.54, 1.807) is 6.92 Å². The quantitative estimate of drug-likeness (QED) is 0.593. The lowest BCUT2D eigenvalue weighted by Crippen LogP contribution is -2.27. The molecule has 0 fully saturated rings. The first-order chi connectivity index (χ1) is 14.3. The number of halogens is 1. The Bertz CT molecular complexity index is 1150. The van der Waals surface area contributed by atoms with Gasteiger partial charge in [0, 0.05) is 6.04 Å². The summed E-state index contributed by atoms with van der Waals surface area (Å²) < 4.78 is 47.4.